The first-order valence-electron chi connectivity index (χ1n) is 3.18. The van der Waals surface area contributed by atoms with Gasteiger partial charge in [-0.1, -0.05) is 11.3 Å². The summed E-state index contributed by atoms with van der Waals surface area (Å²) in [4.78, 5) is 4.48. The van der Waals surface area contributed by atoms with E-state index in [-0.39, 0.29) is 5.19 Å². The smallest absolute Gasteiger partial charge is 0.389 e. The number of halogens is 3. The highest BCUT2D eigenvalue weighted by Gasteiger charge is 2.08. The number of aromatic nitrogens is 1. The van der Waals surface area contributed by atoms with Crippen LogP contribution in [0.5, 0.6) is 5.19 Å². The molecule has 0 atom stereocenters. The van der Waals surface area contributed by atoms with Gasteiger partial charge in [-0.2, -0.15) is 8.78 Å². The molecule has 0 spiro atoms. The number of nitrogens with zero attached hydrogens (tertiary/aromatic N) is 1. The lowest BCUT2D eigenvalue weighted by atomic mass is 10.4. The van der Waals surface area contributed by atoms with Crippen molar-refractivity contribution in [2.24, 2.45) is 0 Å². The Kier molecular flexibility index (Phi) is 3.68. The van der Waals surface area contributed by atoms with Crippen LogP contribution in [0.25, 0.3) is 0 Å². The van der Waals surface area contributed by atoms with Gasteiger partial charge in [0.25, 0.3) is 5.19 Å². The number of hydrogen-bond acceptors (Lipinski definition) is 3. The summed E-state index contributed by atoms with van der Waals surface area (Å²) in [5.74, 6) is 0.455. The van der Waals surface area contributed by atoms with Gasteiger partial charge in [0.05, 0.1) is 0 Å². The zero-order chi connectivity index (χ0) is 8.97. The Bertz CT molecular complexity index is 243. The van der Waals surface area contributed by atoms with Gasteiger partial charge in [-0.25, -0.2) is 4.98 Å². The molecule has 0 aliphatic rings. The van der Waals surface area contributed by atoms with Gasteiger partial charge in [0.15, 0.2) is 0 Å². The fourth-order valence-electron chi connectivity index (χ4n) is 0.629. The van der Waals surface area contributed by atoms with Crippen molar-refractivity contribution in [3.8, 4) is 5.19 Å². The molecule has 0 unspecified atom stereocenters. The number of thiazole rings is 1. The average Bonchev–Trinajstić information content (AvgIpc) is 2.36. The molecule has 1 rings (SSSR count). The molecule has 12 heavy (non-hydrogen) atoms. The summed E-state index contributed by atoms with van der Waals surface area (Å²) in [5, 5.41) is -0.00915. The highest BCUT2D eigenvalue weighted by molar-refractivity contribution is 7.13. The molecule has 0 aromatic carbocycles. The van der Waals surface area contributed by atoms with Gasteiger partial charge in [-0.3, -0.25) is 0 Å². The molecular formula is C6H6ClF2NOS. The van der Waals surface area contributed by atoms with Crippen LogP contribution in [0.15, 0.2) is 6.20 Å². The summed E-state index contributed by atoms with van der Waals surface area (Å²) in [6.07, 6.45) is 2.12. The summed E-state index contributed by atoms with van der Waals surface area (Å²) in [6.45, 7) is -2.81. The number of hydrogen-bond donors (Lipinski definition) is 0. The number of alkyl halides is 3. The predicted octanol–water partition coefficient (Wildman–Crippen LogP) is 2.53. The highest BCUT2D eigenvalue weighted by atomic mass is 35.5. The van der Waals surface area contributed by atoms with Gasteiger partial charge in [-0.05, 0) is 6.42 Å². The maximum atomic E-state index is 11.6. The van der Waals surface area contributed by atoms with Crippen molar-refractivity contribution in [2.45, 2.75) is 13.0 Å². The minimum atomic E-state index is -2.81. The van der Waals surface area contributed by atoms with E-state index in [1.165, 1.54) is 6.20 Å². The summed E-state index contributed by atoms with van der Waals surface area (Å²) < 4.78 is 27.3. The topological polar surface area (TPSA) is 22.1 Å². The van der Waals surface area contributed by atoms with Crippen LogP contribution in [0, 0.1) is 0 Å². The first-order valence-corrected chi connectivity index (χ1v) is 4.53. The van der Waals surface area contributed by atoms with Gasteiger partial charge in [0.1, 0.15) is 0 Å². The quantitative estimate of drug-likeness (QED) is 0.717. The molecule has 1 aromatic heterocycles. The SMILES string of the molecule is FC(F)Oc1ncc(CCCl)s1. The maximum absolute atomic E-state index is 11.6. The van der Waals surface area contributed by atoms with E-state index in [4.69, 9.17) is 11.6 Å². The zero-order valence-electron chi connectivity index (χ0n) is 5.97. The standard InChI is InChI=1S/C6H6ClF2NOS/c7-2-1-4-3-10-6(12-4)11-5(8)9/h3,5H,1-2H2. The molecular weight excluding hydrogens is 208 g/mol. The van der Waals surface area contributed by atoms with Gasteiger partial charge < -0.3 is 4.74 Å². The van der Waals surface area contributed by atoms with Gasteiger partial charge in [0.2, 0.25) is 0 Å². The normalized spacial score (nSPS) is 10.7. The molecule has 0 fully saturated rings. The molecule has 0 N–H and O–H groups in total. The van der Waals surface area contributed by atoms with Gasteiger partial charge in [-0.15, -0.1) is 11.6 Å². The van der Waals surface area contributed by atoms with Crippen molar-refractivity contribution in [3.05, 3.63) is 11.1 Å². The minimum Gasteiger partial charge on any atom is -0.408 e. The summed E-state index contributed by atoms with van der Waals surface area (Å²) in [7, 11) is 0. The third kappa shape index (κ3) is 2.91. The van der Waals surface area contributed by atoms with Crippen LogP contribution >= 0.6 is 22.9 Å². The second-order valence-electron chi connectivity index (χ2n) is 1.91. The summed E-state index contributed by atoms with van der Waals surface area (Å²) in [5.41, 5.74) is 0. The molecule has 2 nitrogen and oxygen atoms in total. The molecule has 0 aliphatic carbocycles. The van der Waals surface area contributed by atoms with Crippen molar-refractivity contribution in [1.29, 1.82) is 0 Å². The molecule has 0 saturated carbocycles. The number of ether oxygens (including phenoxy) is 1. The van der Waals surface area contributed by atoms with E-state index in [9.17, 15) is 8.78 Å². The number of rotatable bonds is 4. The first-order chi connectivity index (χ1) is 5.72. The fourth-order valence-corrected chi connectivity index (χ4v) is 1.70. The van der Waals surface area contributed by atoms with Crippen LogP contribution in [0.3, 0.4) is 0 Å². The monoisotopic (exact) mass is 213 g/mol. The molecule has 1 heterocycles. The average molecular weight is 214 g/mol. The maximum Gasteiger partial charge on any atom is 0.389 e. The van der Waals surface area contributed by atoms with Crippen LogP contribution in [-0.2, 0) is 6.42 Å². The van der Waals surface area contributed by atoms with Crippen molar-refractivity contribution >= 4 is 22.9 Å². The molecule has 0 saturated heterocycles. The summed E-state index contributed by atoms with van der Waals surface area (Å²) in [6, 6.07) is 0. The lowest BCUT2D eigenvalue weighted by Crippen LogP contribution is -2.00. The van der Waals surface area contributed by atoms with Crippen molar-refractivity contribution in [2.75, 3.05) is 5.88 Å². The predicted molar refractivity (Wildman–Crippen MR) is 43.2 cm³/mol. The highest BCUT2D eigenvalue weighted by Crippen LogP contribution is 2.22. The van der Waals surface area contributed by atoms with E-state index >= 15 is 0 Å². The van der Waals surface area contributed by atoms with Crippen molar-refractivity contribution < 1.29 is 13.5 Å². The fraction of sp³-hybridized carbons (Fsp3) is 0.500. The molecule has 1 aromatic rings. The third-order valence-corrected chi connectivity index (χ3v) is 2.20. The van der Waals surface area contributed by atoms with Crippen LogP contribution in [0.4, 0.5) is 8.78 Å². The molecule has 0 radical (unpaired) electrons. The molecule has 0 aliphatic heterocycles. The molecule has 6 heteroatoms. The molecule has 0 amide bonds. The lowest BCUT2D eigenvalue weighted by Gasteiger charge is -1.96. The largest absolute Gasteiger partial charge is 0.408 e. The summed E-state index contributed by atoms with van der Waals surface area (Å²) >= 11 is 6.53. The Morgan fingerprint density at radius 1 is 1.67 bits per heavy atom. The number of aryl methyl sites for hydroxylation is 1. The molecule has 68 valence electrons. The van der Waals surface area contributed by atoms with E-state index in [1.54, 1.807) is 0 Å². The van der Waals surface area contributed by atoms with Crippen molar-refractivity contribution in [1.82, 2.24) is 4.98 Å². The Labute approximate surface area is 77.1 Å². The van der Waals surface area contributed by atoms with E-state index in [0.29, 0.717) is 12.3 Å². The van der Waals surface area contributed by atoms with Crippen molar-refractivity contribution in [3.63, 3.8) is 0 Å². The van der Waals surface area contributed by atoms with Gasteiger partial charge >= 0.3 is 6.61 Å². The molecule has 0 bridgehead atoms. The van der Waals surface area contributed by atoms with E-state index in [0.717, 1.165) is 16.2 Å². The second-order valence-corrected chi connectivity index (χ2v) is 3.37. The first kappa shape index (κ1) is 9.67. The van der Waals surface area contributed by atoms with E-state index < -0.39 is 6.61 Å². The second kappa shape index (κ2) is 4.57. The van der Waals surface area contributed by atoms with E-state index in [1.807, 2.05) is 0 Å². The van der Waals surface area contributed by atoms with Crippen LogP contribution in [0.2, 0.25) is 0 Å². The van der Waals surface area contributed by atoms with Crippen LogP contribution in [0.1, 0.15) is 4.88 Å². The van der Waals surface area contributed by atoms with Crippen LogP contribution < -0.4 is 4.74 Å². The van der Waals surface area contributed by atoms with E-state index in [2.05, 4.69) is 9.72 Å². The van der Waals surface area contributed by atoms with Crippen LogP contribution in [-0.4, -0.2) is 17.5 Å². The lowest BCUT2D eigenvalue weighted by molar-refractivity contribution is -0.0499. The Morgan fingerprint density at radius 2 is 2.42 bits per heavy atom. The Morgan fingerprint density at radius 3 is 3.00 bits per heavy atom. The third-order valence-electron chi connectivity index (χ3n) is 1.06. The Hall–Kier alpha value is -0.420. The van der Waals surface area contributed by atoms with Gasteiger partial charge in [0, 0.05) is 17.0 Å². The Balaban J connectivity index is 2.52. The minimum absolute atomic E-state index is 0.00915. The zero-order valence-corrected chi connectivity index (χ0v) is 7.54.